The van der Waals surface area contributed by atoms with Crippen LogP contribution in [0.25, 0.3) is 0 Å². The molecule has 0 saturated carbocycles. The molecule has 0 aromatic heterocycles. The summed E-state index contributed by atoms with van der Waals surface area (Å²) in [6.07, 6.45) is -1.59. The molecule has 9 heteroatoms. The molecule has 0 radical (unpaired) electrons. The number of hydrazone groups is 1. The van der Waals surface area contributed by atoms with Gasteiger partial charge in [0.1, 0.15) is 6.07 Å². The van der Waals surface area contributed by atoms with Crippen LogP contribution >= 0.6 is 0 Å². The van der Waals surface area contributed by atoms with Gasteiger partial charge in [0.25, 0.3) is 0 Å². The highest BCUT2D eigenvalue weighted by molar-refractivity contribution is 6.45. The molecule has 0 spiro atoms. The van der Waals surface area contributed by atoms with Gasteiger partial charge in [-0.15, -0.1) is 0 Å². The van der Waals surface area contributed by atoms with Gasteiger partial charge >= 0.3 is 6.18 Å². The number of halogens is 3. The number of hydrogen-bond donors (Lipinski definition) is 3. The minimum absolute atomic E-state index is 0.294. The van der Waals surface area contributed by atoms with Crippen LogP contribution in [0.4, 0.5) is 24.5 Å². The summed E-state index contributed by atoms with van der Waals surface area (Å²) in [7, 11) is 0. The molecular formula is C15H17F3N6. The molecule has 1 aromatic rings. The molecule has 128 valence electrons. The van der Waals surface area contributed by atoms with Gasteiger partial charge in [-0.05, 0) is 37.5 Å². The number of nitriles is 1. The molecule has 0 aliphatic carbocycles. The van der Waals surface area contributed by atoms with Crippen molar-refractivity contribution in [2.75, 3.05) is 23.4 Å². The van der Waals surface area contributed by atoms with E-state index in [-0.39, 0.29) is 5.69 Å². The van der Waals surface area contributed by atoms with Crippen LogP contribution in [-0.2, 0) is 6.18 Å². The van der Waals surface area contributed by atoms with Crippen molar-refractivity contribution in [3.63, 3.8) is 0 Å². The predicted molar refractivity (Wildman–Crippen MR) is 86.1 cm³/mol. The first-order chi connectivity index (χ1) is 11.3. The molecule has 1 aromatic carbocycles. The van der Waals surface area contributed by atoms with Crippen molar-refractivity contribution in [2.24, 2.45) is 10.8 Å². The highest BCUT2D eigenvalue weighted by atomic mass is 19.4. The third-order valence-corrected chi connectivity index (χ3v) is 3.68. The second-order valence-corrected chi connectivity index (χ2v) is 5.37. The largest absolute Gasteiger partial charge is 0.418 e. The maximum absolute atomic E-state index is 13.3. The average Bonchev–Trinajstić information content (AvgIpc) is 2.55. The first-order valence-electron chi connectivity index (χ1n) is 7.37. The van der Waals surface area contributed by atoms with Gasteiger partial charge in [0, 0.05) is 18.8 Å². The predicted octanol–water partition coefficient (Wildman–Crippen LogP) is 2.92. The summed E-state index contributed by atoms with van der Waals surface area (Å²) in [5.41, 5.74) is 6.15. The molecule has 1 fully saturated rings. The van der Waals surface area contributed by atoms with E-state index < -0.39 is 23.3 Å². The van der Waals surface area contributed by atoms with Gasteiger partial charge in [-0.3, -0.25) is 10.8 Å². The fourth-order valence-corrected chi connectivity index (χ4v) is 2.47. The van der Waals surface area contributed by atoms with Crippen LogP contribution in [-0.4, -0.2) is 24.6 Å². The minimum atomic E-state index is -4.58. The summed E-state index contributed by atoms with van der Waals surface area (Å²) in [4.78, 5) is 1.92. The number of anilines is 2. The summed E-state index contributed by atoms with van der Waals surface area (Å²) in [5, 5.41) is 19.3. The molecule has 1 aliphatic heterocycles. The molecule has 0 atom stereocenters. The smallest absolute Gasteiger partial charge is 0.382 e. The van der Waals surface area contributed by atoms with Crippen molar-refractivity contribution in [1.82, 2.24) is 0 Å². The lowest BCUT2D eigenvalue weighted by atomic mass is 10.1. The van der Waals surface area contributed by atoms with E-state index in [1.165, 1.54) is 6.07 Å². The van der Waals surface area contributed by atoms with E-state index in [2.05, 4.69) is 10.5 Å². The van der Waals surface area contributed by atoms with Crippen LogP contribution in [0.15, 0.2) is 23.3 Å². The fraction of sp³-hybridized carbons (Fsp3) is 0.400. The van der Waals surface area contributed by atoms with E-state index in [1.54, 1.807) is 12.1 Å². The molecule has 4 N–H and O–H groups in total. The van der Waals surface area contributed by atoms with Crippen molar-refractivity contribution >= 4 is 22.9 Å². The van der Waals surface area contributed by atoms with Gasteiger partial charge in [0.05, 0.1) is 11.3 Å². The molecular weight excluding hydrogens is 321 g/mol. The number of amidine groups is 1. The summed E-state index contributed by atoms with van der Waals surface area (Å²) in [6, 6.07) is 5.46. The van der Waals surface area contributed by atoms with E-state index in [0.29, 0.717) is 5.69 Å². The van der Waals surface area contributed by atoms with Crippen LogP contribution in [0, 0.1) is 16.7 Å². The fourth-order valence-electron chi connectivity index (χ4n) is 2.47. The quantitative estimate of drug-likeness (QED) is 0.446. The SMILES string of the molecule is N#C/C(=N\Nc1ccc(N2CCCCC2)cc1C(F)(F)F)C(=N)N. The minimum Gasteiger partial charge on any atom is -0.382 e. The first-order valence-corrected chi connectivity index (χ1v) is 7.37. The number of hydrogen-bond acceptors (Lipinski definition) is 5. The van der Waals surface area contributed by atoms with E-state index >= 15 is 0 Å². The van der Waals surface area contributed by atoms with Crippen LogP contribution in [0.1, 0.15) is 24.8 Å². The Morgan fingerprint density at radius 2 is 1.96 bits per heavy atom. The molecule has 6 nitrogen and oxygen atoms in total. The van der Waals surface area contributed by atoms with Crippen molar-refractivity contribution in [2.45, 2.75) is 25.4 Å². The summed E-state index contributed by atoms with van der Waals surface area (Å²) in [6.45, 7) is 1.45. The molecule has 0 amide bonds. The Bertz CT molecular complexity index is 683. The molecule has 0 bridgehead atoms. The maximum Gasteiger partial charge on any atom is 0.418 e. The Morgan fingerprint density at radius 3 is 2.50 bits per heavy atom. The van der Waals surface area contributed by atoms with Crippen molar-refractivity contribution in [3.8, 4) is 6.07 Å². The van der Waals surface area contributed by atoms with Crippen molar-refractivity contribution in [1.29, 1.82) is 10.7 Å². The van der Waals surface area contributed by atoms with E-state index in [0.717, 1.165) is 38.4 Å². The highest BCUT2D eigenvalue weighted by Crippen LogP contribution is 2.37. The Labute approximate surface area is 137 Å². The second kappa shape index (κ2) is 7.21. The topological polar surface area (TPSA) is 101 Å². The summed E-state index contributed by atoms with van der Waals surface area (Å²) < 4.78 is 40.0. The van der Waals surface area contributed by atoms with Gasteiger partial charge in [0.15, 0.2) is 5.84 Å². The molecule has 1 heterocycles. The zero-order chi connectivity index (χ0) is 17.7. The van der Waals surface area contributed by atoms with E-state index in [1.807, 2.05) is 4.90 Å². The Morgan fingerprint density at radius 1 is 1.29 bits per heavy atom. The van der Waals surface area contributed by atoms with Crippen LogP contribution in [0.2, 0.25) is 0 Å². The van der Waals surface area contributed by atoms with Gasteiger partial charge in [-0.25, -0.2) is 0 Å². The monoisotopic (exact) mass is 338 g/mol. The lowest BCUT2D eigenvalue weighted by molar-refractivity contribution is -0.136. The van der Waals surface area contributed by atoms with Crippen molar-refractivity contribution < 1.29 is 13.2 Å². The number of alkyl halides is 3. The van der Waals surface area contributed by atoms with Gasteiger partial charge in [-0.1, -0.05) is 0 Å². The number of piperidine rings is 1. The zero-order valence-electron chi connectivity index (χ0n) is 12.8. The Balaban J connectivity index is 2.34. The zero-order valence-corrected chi connectivity index (χ0v) is 12.8. The lowest BCUT2D eigenvalue weighted by Crippen LogP contribution is -2.29. The molecule has 24 heavy (non-hydrogen) atoms. The molecule has 2 rings (SSSR count). The van der Waals surface area contributed by atoms with Crippen LogP contribution < -0.4 is 16.1 Å². The molecule has 0 unspecified atom stereocenters. The van der Waals surface area contributed by atoms with Gasteiger partial charge in [-0.2, -0.15) is 23.5 Å². The normalized spacial score (nSPS) is 15.8. The van der Waals surface area contributed by atoms with Crippen LogP contribution in [0.5, 0.6) is 0 Å². The summed E-state index contributed by atoms with van der Waals surface area (Å²) in [5.74, 6) is -0.622. The third-order valence-electron chi connectivity index (χ3n) is 3.68. The highest BCUT2D eigenvalue weighted by Gasteiger charge is 2.34. The number of rotatable bonds is 4. The standard InChI is InChI=1S/C15H17F3N6/c16-15(17,18)11-8-10(24-6-2-1-3-7-24)4-5-12(11)22-23-13(9-19)14(20)21/h4-5,8,22H,1-3,6-7H2,(H3,20,21)/b23-13+. The lowest BCUT2D eigenvalue weighted by Gasteiger charge is -2.29. The van der Waals surface area contributed by atoms with Gasteiger partial charge in [0.2, 0.25) is 5.71 Å². The van der Waals surface area contributed by atoms with E-state index in [4.69, 9.17) is 16.4 Å². The molecule has 1 saturated heterocycles. The maximum atomic E-state index is 13.3. The first kappa shape index (κ1) is 17.6. The number of nitrogens with zero attached hydrogens (tertiary/aromatic N) is 3. The number of benzene rings is 1. The van der Waals surface area contributed by atoms with Crippen molar-refractivity contribution in [3.05, 3.63) is 23.8 Å². The second-order valence-electron chi connectivity index (χ2n) is 5.37. The summed E-state index contributed by atoms with van der Waals surface area (Å²) >= 11 is 0. The average molecular weight is 338 g/mol. The van der Waals surface area contributed by atoms with Gasteiger partial charge < -0.3 is 10.6 Å². The van der Waals surface area contributed by atoms with E-state index in [9.17, 15) is 13.2 Å². The Kier molecular flexibility index (Phi) is 5.28. The number of nitrogens with two attached hydrogens (primary N) is 1. The Hall–Kier alpha value is -2.76. The van der Waals surface area contributed by atoms with Crippen LogP contribution in [0.3, 0.4) is 0 Å². The third kappa shape index (κ3) is 4.16. The molecule has 1 aliphatic rings. The number of nitrogens with one attached hydrogen (secondary N) is 2.